The molecule has 0 bridgehead atoms. The highest BCUT2D eigenvalue weighted by Crippen LogP contribution is 2.30. The number of nitrogens with zero attached hydrogens (tertiary/aromatic N) is 1. The summed E-state index contributed by atoms with van der Waals surface area (Å²) < 4.78 is 5.71. The molecule has 0 unspecified atom stereocenters. The van der Waals surface area contributed by atoms with E-state index in [9.17, 15) is 0 Å². The third-order valence-corrected chi connectivity index (χ3v) is 4.65. The van der Waals surface area contributed by atoms with E-state index in [0.29, 0.717) is 17.5 Å². The van der Waals surface area contributed by atoms with Gasteiger partial charge >= 0.3 is 0 Å². The van der Waals surface area contributed by atoms with E-state index >= 15 is 0 Å². The molecule has 2 aromatic heterocycles. The molecule has 2 heterocycles. The van der Waals surface area contributed by atoms with Crippen molar-refractivity contribution in [3.8, 4) is 5.88 Å². The van der Waals surface area contributed by atoms with E-state index in [1.807, 2.05) is 12.1 Å². The largest absolute Gasteiger partial charge is 0.476 e. The Kier molecular flexibility index (Phi) is 4.29. The number of rotatable bonds is 7. The maximum Gasteiger partial charge on any atom is 0.239 e. The van der Waals surface area contributed by atoms with Gasteiger partial charge < -0.3 is 15.8 Å². The van der Waals surface area contributed by atoms with Crippen LogP contribution in [-0.2, 0) is 13.0 Å². The van der Waals surface area contributed by atoms with Gasteiger partial charge in [0.25, 0.3) is 0 Å². The molecule has 0 amide bonds. The first kappa shape index (κ1) is 14.2. The minimum atomic E-state index is 0.550. The van der Waals surface area contributed by atoms with E-state index < -0.39 is 0 Å². The Labute approximate surface area is 129 Å². The molecule has 0 aliphatic heterocycles. The molecule has 21 heavy (non-hydrogen) atoms. The Hall–Kier alpha value is -1.75. The van der Waals surface area contributed by atoms with Gasteiger partial charge in [0.2, 0.25) is 5.88 Å². The van der Waals surface area contributed by atoms with Crippen LogP contribution in [0, 0.1) is 5.92 Å². The Morgan fingerprint density at radius 2 is 2.24 bits per heavy atom. The Bertz CT molecular complexity index is 607. The zero-order chi connectivity index (χ0) is 14.7. The summed E-state index contributed by atoms with van der Waals surface area (Å²) in [4.78, 5) is 5.83. The lowest BCUT2D eigenvalue weighted by Gasteiger charge is -2.10. The molecule has 3 N–H and O–H groups in total. The average Bonchev–Trinajstić information content (AvgIpc) is 3.21. The molecule has 1 saturated carbocycles. The molecule has 4 nitrogen and oxygen atoms in total. The van der Waals surface area contributed by atoms with Crippen molar-refractivity contribution in [2.75, 3.05) is 17.7 Å². The highest BCUT2D eigenvalue weighted by atomic mass is 32.1. The highest BCUT2D eigenvalue weighted by Gasteiger charge is 2.22. The minimum Gasteiger partial charge on any atom is -0.476 e. The van der Waals surface area contributed by atoms with Crippen molar-refractivity contribution in [2.45, 2.75) is 32.7 Å². The van der Waals surface area contributed by atoms with Crippen molar-refractivity contribution >= 4 is 22.8 Å². The summed E-state index contributed by atoms with van der Waals surface area (Å²) in [7, 11) is 0. The Morgan fingerprint density at radius 1 is 1.38 bits per heavy atom. The van der Waals surface area contributed by atoms with Crippen LogP contribution in [0.3, 0.4) is 0 Å². The van der Waals surface area contributed by atoms with Gasteiger partial charge in [-0.3, -0.25) is 0 Å². The van der Waals surface area contributed by atoms with Crippen LogP contribution in [0.2, 0.25) is 0 Å². The van der Waals surface area contributed by atoms with Gasteiger partial charge in [0, 0.05) is 4.88 Å². The van der Waals surface area contributed by atoms with Crippen molar-refractivity contribution in [1.29, 1.82) is 0 Å². The first-order valence-electron chi connectivity index (χ1n) is 7.44. The van der Waals surface area contributed by atoms with Gasteiger partial charge in [-0.1, -0.05) is 6.92 Å². The van der Waals surface area contributed by atoms with Gasteiger partial charge in [-0.15, -0.1) is 11.3 Å². The SMILES string of the molecule is CCc1ccsc1CNc1ccc(N)c(OCC2CC2)n1. The second-order valence-corrected chi connectivity index (χ2v) is 6.42. The molecule has 5 heteroatoms. The smallest absolute Gasteiger partial charge is 0.239 e. The first-order chi connectivity index (χ1) is 10.3. The van der Waals surface area contributed by atoms with Gasteiger partial charge in [0.15, 0.2) is 0 Å². The number of aromatic nitrogens is 1. The monoisotopic (exact) mass is 303 g/mol. The van der Waals surface area contributed by atoms with E-state index in [2.05, 4.69) is 28.7 Å². The number of aryl methyl sites for hydroxylation is 1. The molecule has 0 spiro atoms. The van der Waals surface area contributed by atoms with Crippen LogP contribution >= 0.6 is 11.3 Å². The molecule has 0 atom stereocenters. The fourth-order valence-electron chi connectivity index (χ4n) is 2.15. The molecule has 0 saturated heterocycles. The topological polar surface area (TPSA) is 60.2 Å². The summed E-state index contributed by atoms with van der Waals surface area (Å²) in [5, 5.41) is 5.49. The summed E-state index contributed by atoms with van der Waals surface area (Å²) in [5.74, 6) is 2.06. The van der Waals surface area contributed by atoms with Crippen molar-refractivity contribution in [1.82, 2.24) is 4.98 Å². The molecule has 1 fully saturated rings. The minimum absolute atomic E-state index is 0.550. The van der Waals surface area contributed by atoms with Crippen LogP contribution in [0.25, 0.3) is 0 Å². The van der Waals surface area contributed by atoms with Crippen LogP contribution in [0.15, 0.2) is 23.6 Å². The lowest BCUT2D eigenvalue weighted by Crippen LogP contribution is -2.07. The van der Waals surface area contributed by atoms with Crippen molar-refractivity contribution in [2.24, 2.45) is 5.92 Å². The molecule has 1 aliphatic carbocycles. The summed E-state index contributed by atoms with van der Waals surface area (Å²) >= 11 is 1.78. The van der Waals surface area contributed by atoms with Crippen molar-refractivity contribution < 1.29 is 4.74 Å². The van der Waals surface area contributed by atoms with Crippen molar-refractivity contribution in [3.05, 3.63) is 34.0 Å². The maximum atomic E-state index is 5.92. The molecule has 0 aromatic carbocycles. The Balaban J connectivity index is 1.63. The summed E-state index contributed by atoms with van der Waals surface area (Å²) in [6, 6.07) is 5.94. The number of nitrogen functional groups attached to an aromatic ring is 1. The molecular formula is C16H21N3OS. The number of anilines is 2. The fraction of sp³-hybridized carbons (Fsp3) is 0.438. The lowest BCUT2D eigenvalue weighted by molar-refractivity contribution is 0.290. The summed E-state index contributed by atoms with van der Waals surface area (Å²) in [6.07, 6.45) is 3.58. The van der Waals surface area contributed by atoms with Gasteiger partial charge in [0.1, 0.15) is 5.82 Å². The number of hydrogen-bond donors (Lipinski definition) is 2. The van der Waals surface area contributed by atoms with Crippen LogP contribution in [-0.4, -0.2) is 11.6 Å². The number of thiophene rings is 1. The lowest BCUT2D eigenvalue weighted by atomic mass is 10.2. The number of nitrogens with two attached hydrogens (primary N) is 1. The van der Waals surface area contributed by atoms with E-state index in [4.69, 9.17) is 10.5 Å². The van der Waals surface area contributed by atoms with Crippen LogP contribution in [0.5, 0.6) is 5.88 Å². The standard InChI is InChI=1S/C16H21N3OS/c1-2-12-7-8-21-14(12)9-18-15-6-5-13(17)16(19-15)20-10-11-3-4-11/h5-8,11H,2-4,9-10,17H2,1H3,(H,18,19). The highest BCUT2D eigenvalue weighted by molar-refractivity contribution is 7.10. The number of hydrogen-bond acceptors (Lipinski definition) is 5. The fourth-order valence-corrected chi connectivity index (χ4v) is 3.07. The molecule has 0 radical (unpaired) electrons. The predicted octanol–water partition coefficient (Wildman–Crippen LogP) is 3.69. The quantitative estimate of drug-likeness (QED) is 0.819. The van der Waals surface area contributed by atoms with Crippen LogP contribution in [0.1, 0.15) is 30.2 Å². The van der Waals surface area contributed by atoms with E-state index in [1.54, 1.807) is 11.3 Å². The van der Waals surface area contributed by atoms with Gasteiger partial charge in [-0.05, 0) is 54.3 Å². The number of nitrogens with one attached hydrogen (secondary N) is 1. The van der Waals surface area contributed by atoms with Crippen LogP contribution in [0.4, 0.5) is 11.5 Å². The van der Waals surface area contributed by atoms with E-state index in [1.165, 1.54) is 23.3 Å². The molecular weight excluding hydrogens is 282 g/mol. The van der Waals surface area contributed by atoms with Gasteiger partial charge in [0.05, 0.1) is 18.8 Å². The second-order valence-electron chi connectivity index (χ2n) is 5.42. The van der Waals surface area contributed by atoms with Gasteiger partial charge in [-0.2, -0.15) is 4.98 Å². The first-order valence-corrected chi connectivity index (χ1v) is 8.32. The van der Waals surface area contributed by atoms with Gasteiger partial charge in [-0.25, -0.2) is 0 Å². The van der Waals surface area contributed by atoms with Crippen molar-refractivity contribution in [3.63, 3.8) is 0 Å². The summed E-state index contributed by atoms with van der Waals surface area (Å²) in [5.41, 5.74) is 7.92. The average molecular weight is 303 g/mol. The number of pyridine rings is 1. The molecule has 1 aliphatic rings. The summed E-state index contributed by atoms with van der Waals surface area (Å²) in [6.45, 7) is 3.70. The predicted molar refractivity (Wildman–Crippen MR) is 87.9 cm³/mol. The van der Waals surface area contributed by atoms with E-state index in [-0.39, 0.29) is 0 Å². The van der Waals surface area contributed by atoms with E-state index in [0.717, 1.165) is 25.4 Å². The third kappa shape index (κ3) is 3.67. The normalized spacial score (nSPS) is 14.1. The van der Waals surface area contributed by atoms with Crippen LogP contribution < -0.4 is 15.8 Å². The molecule has 3 rings (SSSR count). The number of ether oxygens (including phenoxy) is 1. The molecule has 112 valence electrons. The zero-order valence-electron chi connectivity index (χ0n) is 12.3. The maximum absolute atomic E-state index is 5.92. The molecule has 2 aromatic rings. The zero-order valence-corrected chi connectivity index (χ0v) is 13.1. The Morgan fingerprint density at radius 3 is 3.00 bits per heavy atom. The third-order valence-electron chi connectivity index (χ3n) is 3.69. The second kappa shape index (κ2) is 6.35.